The number of nitrogens with zero attached hydrogens (tertiary/aromatic N) is 2. The van der Waals surface area contributed by atoms with E-state index in [-0.39, 0.29) is 6.10 Å². The van der Waals surface area contributed by atoms with E-state index in [9.17, 15) is 4.79 Å². The van der Waals surface area contributed by atoms with Gasteiger partial charge in [-0.25, -0.2) is 4.79 Å². The number of likely N-dealkylation sites (N-methyl/N-ethyl adjacent to an activating group) is 1. The minimum atomic E-state index is -0.944. The maximum Gasteiger partial charge on any atom is 0.407 e. The Bertz CT molecular complexity index is 673. The quantitative estimate of drug-likeness (QED) is 0.946. The van der Waals surface area contributed by atoms with Crippen molar-refractivity contribution in [1.29, 1.82) is 0 Å². The number of ether oxygens (including phenoxy) is 1. The number of hydrogen-bond acceptors (Lipinski definition) is 3. The molecule has 1 aliphatic rings. The Morgan fingerprint density at radius 2 is 2.09 bits per heavy atom. The zero-order valence-corrected chi connectivity index (χ0v) is 12.4. The molecule has 1 amide bonds. The van der Waals surface area contributed by atoms with E-state index >= 15 is 0 Å². The second-order valence-corrected chi connectivity index (χ2v) is 5.42. The molecule has 1 aliphatic heterocycles. The molecule has 114 valence electrons. The first kappa shape index (κ1) is 14.5. The van der Waals surface area contributed by atoms with Gasteiger partial charge in [0, 0.05) is 19.4 Å². The summed E-state index contributed by atoms with van der Waals surface area (Å²) in [4.78, 5) is 16.3. The Labute approximate surface area is 129 Å². The van der Waals surface area contributed by atoms with Crippen molar-refractivity contribution in [3.63, 3.8) is 0 Å². The van der Waals surface area contributed by atoms with Crippen LogP contribution in [0.1, 0.15) is 17.2 Å². The van der Waals surface area contributed by atoms with Crippen LogP contribution in [0, 0.1) is 0 Å². The van der Waals surface area contributed by atoms with Gasteiger partial charge in [0.2, 0.25) is 0 Å². The molecule has 3 rings (SSSR count). The molecule has 1 unspecified atom stereocenters. The number of pyridine rings is 1. The Hall–Kier alpha value is -2.40. The molecule has 1 aromatic heterocycles. The average molecular weight is 298 g/mol. The van der Waals surface area contributed by atoms with Gasteiger partial charge < -0.3 is 14.7 Å². The highest BCUT2D eigenvalue weighted by atomic mass is 16.5. The van der Waals surface area contributed by atoms with Crippen molar-refractivity contribution in [2.24, 2.45) is 0 Å². The first-order chi connectivity index (χ1) is 10.6. The van der Waals surface area contributed by atoms with E-state index in [1.807, 2.05) is 12.1 Å². The molecular formula is C17H18N2O3. The predicted octanol–water partition coefficient (Wildman–Crippen LogP) is 2.97. The molecule has 2 heterocycles. The van der Waals surface area contributed by atoms with Gasteiger partial charge in [-0.05, 0) is 46.9 Å². The highest BCUT2D eigenvalue weighted by Gasteiger charge is 2.24. The van der Waals surface area contributed by atoms with Gasteiger partial charge in [-0.2, -0.15) is 0 Å². The smallest absolute Gasteiger partial charge is 0.407 e. The van der Waals surface area contributed by atoms with Crippen LogP contribution < -0.4 is 0 Å². The van der Waals surface area contributed by atoms with E-state index in [0.717, 1.165) is 23.1 Å². The number of amides is 1. The summed E-state index contributed by atoms with van der Waals surface area (Å²) < 4.78 is 5.80. The summed E-state index contributed by atoms with van der Waals surface area (Å²) in [6.45, 7) is 0.960. The van der Waals surface area contributed by atoms with E-state index < -0.39 is 6.09 Å². The lowest BCUT2D eigenvalue weighted by molar-refractivity contribution is 0.0224. The second-order valence-electron chi connectivity index (χ2n) is 5.42. The molecule has 0 radical (unpaired) electrons. The lowest BCUT2D eigenvalue weighted by Crippen LogP contribution is -2.32. The molecule has 5 nitrogen and oxygen atoms in total. The Morgan fingerprint density at radius 1 is 1.32 bits per heavy atom. The second kappa shape index (κ2) is 6.15. The molecule has 22 heavy (non-hydrogen) atoms. The van der Waals surface area contributed by atoms with Crippen LogP contribution in [0.4, 0.5) is 4.79 Å². The van der Waals surface area contributed by atoms with Crippen LogP contribution in [0.2, 0.25) is 0 Å². The Balaban J connectivity index is 1.93. The molecule has 1 aromatic carbocycles. The Morgan fingerprint density at radius 3 is 2.82 bits per heavy atom. The van der Waals surface area contributed by atoms with Gasteiger partial charge in [-0.1, -0.05) is 12.1 Å². The maximum absolute atomic E-state index is 11.0. The summed E-state index contributed by atoms with van der Waals surface area (Å²) in [5, 5.41) is 9.06. The van der Waals surface area contributed by atoms with Crippen LogP contribution in [-0.2, 0) is 11.2 Å². The number of benzene rings is 1. The highest BCUT2D eigenvalue weighted by Crippen LogP contribution is 2.31. The van der Waals surface area contributed by atoms with E-state index in [4.69, 9.17) is 9.84 Å². The fourth-order valence-electron chi connectivity index (χ4n) is 2.73. The van der Waals surface area contributed by atoms with Crippen molar-refractivity contribution in [3.05, 3.63) is 53.9 Å². The number of fused-ring (bicyclic) bond motifs is 1. The van der Waals surface area contributed by atoms with Gasteiger partial charge in [-0.15, -0.1) is 0 Å². The number of hydrogen-bond donors (Lipinski definition) is 1. The van der Waals surface area contributed by atoms with Crippen molar-refractivity contribution in [2.45, 2.75) is 12.5 Å². The van der Waals surface area contributed by atoms with Crippen molar-refractivity contribution in [3.8, 4) is 11.1 Å². The summed E-state index contributed by atoms with van der Waals surface area (Å²) in [5.74, 6) is 0. The molecule has 0 saturated carbocycles. The molecular weight excluding hydrogens is 280 g/mol. The van der Waals surface area contributed by atoms with Gasteiger partial charge in [0.25, 0.3) is 0 Å². The monoisotopic (exact) mass is 298 g/mol. The molecule has 1 N–H and O–H groups in total. The minimum absolute atomic E-state index is 0.216. The largest absolute Gasteiger partial charge is 0.465 e. The molecule has 0 aliphatic carbocycles. The molecule has 2 aromatic rings. The lowest BCUT2D eigenvalue weighted by atomic mass is 9.93. The summed E-state index contributed by atoms with van der Waals surface area (Å²) in [6, 6.07) is 10.2. The maximum atomic E-state index is 11.0. The van der Waals surface area contributed by atoms with E-state index in [2.05, 4.69) is 23.2 Å². The minimum Gasteiger partial charge on any atom is -0.465 e. The standard InChI is InChI=1S/C17H18N2O3/c1-19(17(20)21)11-16-15-10-14(12-4-7-18-8-5-12)3-2-13(15)6-9-22-16/h2-5,7-8,10,16H,6,9,11H2,1H3,(H,20,21). The van der Waals surface area contributed by atoms with E-state index in [1.165, 1.54) is 10.5 Å². The summed E-state index contributed by atoms with van der Waals surface area (Å²) >= 11 is 0. The molecule has 5 heteroatoms. The zero-order valence-electron chi connectivity index (χ0n) is 12.4. The zero-order chi connectivity index (χ0) is 15.5. The fraction of sp³-hybridized carbons (Fsp3) is 0.294. The third-order valence-corrected chi connectivity index (χ3v) is 3.96. The van der Waals surface area contributed by atoms with E-state index in [0.29, 0.717) is 13.2 Å². The van der Waals surface area contributed by atoms with Crippen LogP contribution >= 0.6 is 0 Å². The number of aromatic nitrogens is 1. The third kappa shape index (κ3) is 2.94. The van der Waals surface area contributed by atoms with E-state index in [1.54, 1.807) is 19.4 Å². The number of carbonyl (C=O) groups is 1. The average Bonchev–Trinajstić information content (AvgIpc) is 2.55. The van der Waals surface area contributed by atoms with Crippen molar-refractivity contribution in [1.82, 2.24) is 9.88 Å². The summed E-state index contributed by atoms with van der Waals surface area (Å²) in [5.41, 5.74) is 4.49. The van der Waals surface area contributed by atoms with Crippen molar-refractivity contribution >= 4 is 6.09 Å². The van der Waals surface area contributed by atoms with Crippen LogP contribution in [0.15, 0.2) is 42.7 Å². The molecule has 1 atom stereocenters. The molecule has 0 bridgehead atoms. The molecule has 0 spiro atoms. The van der Waals surface area contributed by atoms with Crippen LogP contribution in [0.5, 0.6) is 0 Å². The van der Waals surface area contributed by atoms with Gasteiger partial charge >= 0.3 is 6.09 Å². The van der Waals surface area contributed by atoms with Crippen molar-refractivity contribution < 1.29 is 14.6 Å². The number of rotatable bonds is 3. The summed E-state index contributed by atoms with van der Waals surface area (Å²) in [7, 11) is 1.56. The molecule has 0 fully saturated rings. The van der Waals surface area contributed by atoms with Crippen LogP contribution in [0.25, 0.3) is 11.1 Å². The molecule has 0 saturated heterocycles. The van der Waals surface area contributed by atoms with Gasteiger partial charge in [0.15, 0.2) is 0 Å². The third-order valence-electron chi connectivity index (χ3n) is 3.96. The normalized spacial score (nSPS) is 16.9. The van der Waals surface area contributed by atoms with Gasteiger partial charge in [-0.3, -0.25) is 4.98 Å². The van der Waals surface area contributed by atoms with Gasteiger partial charge in [0.05, 0.1) is 13.2 Å². The topological polar surface area (TPSA) is 62.7 Å². The van der Waals surface area contributed by atoms with Crippen LogP contribution in [0.3, 0.4) is 0 Å². The number of carboxylic acid groups (broad SMARTS) is 1. The summed E-state index contributed by atoms with van der Waals surface area (Å²) in [6.07, 6.45) is 3.23. The highest BCUT2D eigenvalue weighted by molar-refractivity contribution is 5.66. The van der Waals surface area contributed by atoms with Gasteiger partial charge in [0.1, 0.15) is 6.10 Å². The SMILES string of the molecule is CN(CC1OCCc2ccc(-c3ccncc3)cc21)C(=O)O. The fourth-order valence-corrected chi connectivity index (χ4v) is 2.73. The Kier molecular flexibility index (Phi) is 4.06. The predicted molar refractivity (Wildman–Crippen MR) is 82.7 cm³/mol. The lowest BCUT2D eigenvalue weighted by Gasteiger charge is -2.29. The first-order valence-electron chi connectivity index (χ1n) is 7.24. The van der Waals surface area contributed by atoms with Crippen LogP contribution in [-0.4, -0.2) is 41.3 Å². The van der Waals surface area contributed by atoms with Crippen molar-refractivity contribution in [2.75, 3.05) is 20.2 Å². The first-order valence-corrected chi connectivity index (χ1v) is 7.24.